The van der Waals surface area contributed by atoms with Gasteiger partial charge in [-0.15, -0.1) is 0 Å². The average Bonchev–Trinajstić information content (AvgIpc) is 2.13. The highest BCUT2D eigenvalue weighted by Crippen LogP contribution is 2.28. The monoisotopic (exact) mass is 274 g/mol. The van der Waals surface area contributed by atoms with E-state index in [9.17, 15) is 18.0 Å². The Morgan fingerprint density at radius 2 is 1.67 bits per heavy atom. The maximum Gasteiger partial charge on any atom is 0.308 e. The number of hydrogen-bond donors (Lipinski definition) is 1. The first-order valence-corrected chi connectivity index (χ1v) is 6.12. The molecular weight excluding hydrogens is 264 g/mol. The molecule has 0 aliphatic carbocycles. The van der Waals surface area contributed by atoms with Gasteiger partial charge in [-0.2, -0.15) is 8.42 Å². The van der Waals surface area contributed by atoms with Crippen LogP contribution in [0.1, 0.15) is 13.8 Å². The van der Waals surface area contributed by atoms with E-state index < -0.39 is 32.7 Å². The smallest absolute Gasteiger partial charge is 0.308 e. The van der Waals surface area contributed by atoms with Crippen LogP contribution in [0, 0.1) is 0 Å². The number of esters is 2. The summed E-state index contributed by atoms with van der Waals surface area (Å²) >= 11 is 0. The van der Waals surface area contributed by atoms with Crippen molar-refractivity contribution in [2.75, 3.05) is 0 Å². The third-order valence-electron chi connectivity index (χ3n) is 1.71. The van der Waals surface area contributed by atoms with Crippen molar-refractivity contribution in [2.45, 2.75) is 18.7 Å². The van der Waals surface area contributed by atoms with Gasteiger partial charge in [0.2, 0.25) is 0 Å². The molecule has 1 aromatic rings. The molecular formula is C10H10O7S. The summed E-state index contributed by atoms with van der Waals surface area (Å²) in [6, 6.07) is 3.13. The van der Waals surface area contributed by atoms with Gasteiger partial charge in [-0.05, 0) is 12.1 Å². The fourth-order valence-electron chi connectivity index (χ4n) is 1.17. The summed E-state index contributed by atoms with van der Waals surface area (Å²) in [5, 5.41) is 0. The van der Waals surface area contributed by atoms with Gasteiger partial charge in [-0.25, -0.2) is 0 Å². The molecule has 8 heteroatoms. The molecule has 98 valence electrons. The number of carbonyl (C=O) groups is 2. The Morgan fingerprint density at radius 3 is 2.11 bits per heavy atom. The van der Waals surface area contributed by atoms with Gasteiger partial charge in [-0.1, -0.05) is 0 Å². The fourth-order valence-corrected chi connectivity index (χ4v) is 1.76. The van der Waals surface area contributed by atoms with Crippen LogP contribution < -0.4 is 9.47 Å². The minimum absolute atomic E-state index is 0.00819. The summed E-state index contributed by atoms with van der Waals surface area (Å²) in [4.78, 5) is 21.0. The maximum absolute atomic E-state index is 11.0. The van der Waals surface area contributed by atoms with Crippen molar-refractivity contribution in [2.24, 2.45) is 0 Å². The van der Waals surface area contributed by atoms with Crippen LogP contribution in [0.25, 0.3) is 0 Å². The Balaban J connectivity index is 3.29. The van der Waals surface area contributed by atoms with Gasteiger partial charge in [0.25, 0.3) is 10.1 Å². The Hall–Kier alpha value is -1.93. The molecule has 0 atom stereocenters. The lowest BCUT2D eigenvalue weighted by Crippen LogP contribution is -2.08. The van der Waals surface area contributed by atoms with E-state index in [4.69, 9.17) is 9.29 Å². The Kier molecular flexibility index (Phi) is 4.04. The second kappa shape index (κ2) is 5.15. The molecule has 0 unspecified atom stereocenters. The molecule has 0 fully saturated rings. The summed E-state index contributed by atoms with van der Waals surface area (Å²) in [6.45, 7) is 2.22. The van der Waals surface area contributed by atoms with E-state index in [1.54, 1.807) is 0 Å². The Labute approximate surface area is 103 Å². The normalized spacial score (nSPS) is 10.8. The number of carbonyl (C=O) groups excluding carboxylic acids is 2. The largest absolute Gasteiger partial charge is 0.427 e. The van der Waals surface area contributed by atoms with Crippen LogP contribution in [-0.4, -0.2) is 24.9 Å². The van der Waals surface area contributed by atoms with E-state index in [-0.39, 0.29) is 5.75 Å². The van der Waals surface area contributed by atoms with Crippen LogP contribution >= 0.6 is 0 Å². The van der Waals surface area contributed by atoms with Crippen molar-refractivity contribution in [1.82, 2.24) is 0 Å². The zero-order valence-electron chi connectivity index (χ0n) is 9.54. The molecule has 0 saturated carbocycles. The predicted molar refractivity (Wildman–Crippen MR) is 58.9 cm³/mol. The van der Waals surface area contributed by atoms with Crippen LogP contribution in [0.5, 0.6) is 11.5 Å². The van der Waals surface area contributed by atoms with Gasteiger partial charge in [0.1, 0.15) is 10.6 Å². The molecule has 1 aromatic carbocycles. The lowest BCUT2D eigenvalue weighted by Gasteiger charge is -2.08. The maximum atomic E-state index is 11.0. The summed E-state index contributed by atoms with van der Waals surface area (Å²) in [7, 11) is -4.54. The zero-order valence-corrected chi connectivity index (χ0v) is 10.4. The molecule has 0 heterocycles. The molecule has 0 saturated heterocycles. The summed E-state index contributed by atoms with van der Waals surface area (Å²) < 4.78 is 40.3. The van der Waals surface area contributed by atoms with E-state index in [0.29, 0.717) is 0 Å². The van der Waals surface area contributed by atoms with Gasteiger partial charge < -0.3 is 9.47 Å². The summed E-state index contributed by atoms with van der Waals surface area (Å²) in [5.41, 5.74) is 0. The number of rotatable bonds is 3. The lowest BCUT2D eigenvalue weighted by atomic mass is 10.3. The molecule has 0 spiro atoms. The number of benzene rings is 1. The first-order valence-electron chi connectivity index (χ1n) is 4.68. The summed E-state index contributed by atoms with van der Waals surface area (Å²) in [5.74, 6) is -1.82. The van der Waals surface area contributed by atoms with Crippen molar-refractivity contribution in [1.29, 1.82) is 0 Å². The zero-order chi connectivity index (χ0) is 13.9. The third-order valence-corrected chi connectivity index (χ3v) is 2.60. The SMILES string of the molecule is CC(=O)Oc1ccc(S(=O)(=O)O)c(OC(C)=O)c1. The summed E-state index contributed by atoms with van der Waals surface area (Å²) in [6.07, 6.45) is 0. The predicted octanol–water partition coefficient (Wildman–Crippen LogP) is 0.784. The molecule has 0 aliphatic rings. The van der Waals surface area contributed by atoms with Crippen molar-refractivity contribution in [3.8, 4) is 11.5 Å². The molecule has 18 heavy (non-hydrogen) atoms. The lowest BCUT2D eigenvalue weighted by molar-refractivity contribution is -0.132. The topological polar surface area (TPSA) is 107 Å². The average molecular weight is 274 g/mol. The first kappa shape index (κ1) is 14.1. The highest BCUT2D eigenvalue weighted by atomic mass is 32.2. The van der Waals surface area contributed by atoms with Crippen molar-refractivity contribution in [3.63, 3.8) is 0 Å². The molecule has 7 nitrogen and oxygen atoms in total. The molecule has 0 aliphatic heterocycles. The molecule has 0 amide bonds. The van der Waals surface area contributed by atoms with E-state index >= 15 is 0 Å². The minimum Gasteiger partial charge on any atom is -0.427 e. The van der Waals surface area contributed by atoms with E-state index in [1.165, 1.54) is 0 Å². The van der Waals surface area contributed by atoms with E-state index in [2.05, 4.69) is 4.74 Å². The van der Waals surface area contributed by atoms with E-state index in [1.807, 2.05) is 0 Å². The van der Waals surface area contributed by atoms with Crippen molar-refractivity contribution >= 4 is 22.1 Å². The minimum atomic E-state index is -4.54. The van der Waals surface area contributed by atoms with Crippen LogP contribution in [0.15, 0.2) is 23.1 Å². The Bertz CT molecular complexity index is 588. The quantitative estimate of drug-likeness (QED) is 0.493. The first-order chi connectivity index (χ1) is 8.20. The second-order valence-corrected chi connectivity index (χ2v) is 4.66. The van der Waals surface area contributed by atoms with Crippen molar-refractivity contribution < 1.29 is 32.0 Å². The molecule has 0 bridgehead atoms. The fraction of sp³-hybridized carbons (Fsp3) is 0.200. The van der Waals surface area contributed by atoms with Crippen molar-refractivity contribution in [3.05, 3.63) is 18.2 Å². The highest BCUT2D eigenvalue weighted by Gasteiger charge is 2.19. The number of hydrogen-bond acceptors (Lipinski definition) is 6. The van der Waals surface area contributed by atoms with Crippen LogP contribution in [0.3, 0.4) is 0 Å². The standard InChI is InChI=1S/C10H10O7S/c1-6(11)16-8-3-4-10(18(13,14)15)9(5-8)17-7(2)12/h3-5H,1-2H3,(H,13,14,15). The van der Waals surface area contributed by atoms with Gasteiger partial charge in [0.05, 0.1) is 0 Å². The molecule has 1 N–H and O–H groups in total. The van der Waals surface area contributed by atoms with Crippen LogP contribution in [0.2, 0.25) is 0 Å². The van der Waals surface area contributed by atoms with Gasteiger partial charge >= 0.3 is 11.9 Å². The highest BCUT2D eigenvalue weighted by molar-refractivity contribution is 7.86. The second-order valence-electron chi connectivity index (χ2n) is 3.27. The number of ether oxygens (including phenoxy) is 2. The molecule has 1 rings (SSSR count). The molecule has 0 radical (unpaired) electrons. The third kappa shape index (κ3) is 3.82. The van der Waals surface area contributed by atoms with E-state index in [0.717, 1.165) is 32.0 Å². The van der Waals surface area contributed by atoms with Gasteiger partial charge in [0, 0.05) is 19.9 Å². The Morgan fingerprint density at radius 1 is 1.11 bits per heavy atom. The van der Waals surface area contributed by atoms with Crippen LogP contribution in [0.4, 0.5) is 0 Å². The van der Waals surface area contributed by atoms with Crippen LogP contribution in [-0.2, 0) is 19.7 Å². The van der Waals surface area contributed by atoms with Gasteiger partial charge in [0.15, 0.2) is 5.75 Å². The molecule has 0 aromatic heterocycles. The van der Waals surface area contributed by atoms with Gasteiger partial charge in [-0.3, -0.25) is 14.1 Å².